The molecule has 6 heteroatoms. The average molecular weight is 385 g/mol. The van der Waals surface area contributed by atoms with Crippen molar-refractivity contribution in [1.29, 1.82) is 5.26 Å². The minimum atomic E-state index is -0.237. The highest BCUT2D eigenvalue weighted by Gasteiger charge is 2.13. The van der Waals surface area contributed by atoms with E-state index < -0.39 is 0 Å². The van der Waals surface area contributed by atoms with Crippen molar-refractivity contribution in [3.05, 3.63) is 71.9 Å². The molecule has 0 aliphatic rings. The first kappa shape index (κ1) is 20.0. The molecule has 3 rings (SSSR count). The number of amides is 1. The molecule has 0 fully saturated rings. The van der Waals surface area contributed by atoms with Gasteiger partial charge < -0.3 is 10.6 Å². The predicted molar refractivity (Wildman–Crippen MR) is 114 cm³/mol. The van der Waals surface area contributed by atoms with Gasteiger partial charge >= 0.3 is 0 Å². The summed E-state index contributed by atoms with van der Waals surface area (Å²) in [5.74, 6) is 1.22. The maximum Gasteiger partial charge on any atom is 0.270 e. The molecule has 0 radical (unpaired) electrons. The van der Waals surface area contributed by atoms with Crippen LogP contribution in [0, 0.1) is 17.2 Å². The van der Waals surface area contributed by atoms with Gasteiger partial charge in [0, 0.05) is 23.9 Å². The number of nitrogens with zero attached hydrogens (tertiary/aromatic N) is 3. The maximum atomic E-state index is 12.6. The lowest BCUT2D eigenvalue weighted by Crippen LogP contribution is -2.26. The summed E-state index contributed by atoms with van der Waals surface area (Å²) < 4.78 is 0. The Morgan fingerprint density at radius 2 is 1.86 bits per heavy atom. The molecule has 6 nitrogen and oxygen atoms in total. The van der Waals surface area contributed by atoms with Crippen molar-refractivity contribution in [3.63, 3.8) is 0 Å². The zero-order valence-corrected chi connectivity index (χ0v) is 16.5. The number of rotatable bonds is 7. The number of carbonyl (C=O) groups is 1. The van der Waals surface area contributed by atoms with E-state index in [2.05, 4.69) is 40.5 Å². The van der Waals surface area contributed by atoms with Gasteiger partial charge in [-0.25, -0.2) is 9.97 Å². The number of carbonyl (C=O) groups excluding carboxylic acids is 1. The molecule has 0 aliphatic carbocycles. The lowest BCUT2D eigenvalue weighted by Gasteiger charge is -2.11. The van der Waals surface area contributed by atoms with Gasteiger partial charge in [0.25, 0.3) is 5.91 Å². The van der Waals surface area contributed by atoms with Crippen LogP contribution in [-0.2, 0) is 0 Å². The topological polar surface area (TPSA) is 90.7 Å². The van der Waals surface area contributed by atoms with Crippen LogP contribution < -0.4 is 10.6 Å². The Labute approximate surface area is 170 Å². The molecule has 146 valence electrons. The number of nitriles is 1. The van der Waals surface area contributed by atoms with Gasteiger partial charge in [0.2, 0.25) is 0 Å². The van der Waals surface area contributed by atoms with Crippen LogP contribution in [0.1, 0.15) is 36.3 Å². The number of hydrogen-bond acceptors (Lipinski definition) is 5. The minimum Gasteiger partial charge on any atom is -0.351 e. The molecule has 1 aromatic heterocycles. The second-order valence-electron chi connectivity index (χ2n) is 7.08. The lowest BCUT2D eigenvalue weighted by atomic mass is 10.1. The van der Waals surface area contributed by atoms with Crippen LogP contribution in [-0.4, -0.2) is 22.4 Å². The van der Waals surface area contributed by atoms with Gasteiger partial charge in [0.15, 0.2) is 5.82 Å². The molecule has 29 heavy (non-hydrogen) atoms. The van der Waals surface area contributed by atoms with Crippen molar-refractivity contribution in [2.75, 3.05) is 11.9 Å². The zero-order valence-electron chi connectivity index (χ0n) is 16.5. The Morgan fingerprint density at radius 3 is 2.59 bits per heavy atom. The Morgan fingerprint density at radius 1 is 1.07 bits per heavy atom. The van der Waals surface area contributed by atoms with Gasteiger partial charge in [0.05, 0.1) is 11.6 Å². The van der Waals surface area contributed by atoms with Gasteiger partial charge in [-0.1, -0.05) is 50.2 Å². The van der Waals surface area contributed by atoms with E-state index in [4.69, 9.17) is 5.26 Å². The highest BCUT2D eigenvalue weighted by Crippen LogP contribution is 2.21. The summed E-state index contributed by atoms with van der Waals surface area (Å²) in [6.07, 6.45) is 0.897. The van der Waals surface area contributed by atoms with E-state index in [-0.39, 0.29) is 5.91 Å². The summed E-state index contributed by atoms with van der Waals surface area (Å²) >= 11 is 0. The third-order valence-corrected chi connectivity index (χ3v) is 4.26. The van der Waals surface area contributed by atoms with E-state index in [1.54, 1.807) is 24.3 Å². The Hall–Kier alpha value is -3.72. The van der Waals surface area contributed by atoms with E-state index in [1.807, 2.05) is 36.4 Å². The van der Waals surface area contributed by atoms with Crippen LogP contribution in [0.5, 0.6) is 0 Å². The van der Waals surface area contributed by atoms with Gasteiger partial charge in [-0.2, -0.15) is 5.26 Å². The third kappa shape index (κ3) is 5.63. The summed E-state index contributed by atoms with van der Waals surface area (Å²) in [5.41, 5.74) is 2.37. The Balaban J connectivity index is 1.92. The fourth-order valence-electron chi connectivity index (χ4n) is 2.72. The fourth-order valence-corrected chi connectivity index (χ4v) is 2.72. The molecular formula is C23H23N5O. The maximum absolute atomic E-state index is 12.6. The van der Waals surface area contributed by atoms with E-state index in [0.29, 0.717) is 41.0 Å². The van der Waals surface area contributed by atoms with E-state index in [1.165, 1.54) is 0 Å². The lowest BCUT2D eigenvalue weighted by molar-refractivity contribution is 0.0947. The number of benzene rings is 2. The molecule has 0 atom stereocenters. The molecule has 1 heterocycles. The van der Waals surface area contributed by atoms with Gasteiger partial charge in [-0.05, 0) is 30.5 Å². The minimum absolute atomic E-state index is 0.237. The molecule has 0 saturated heterocycles. The molecule has 2 N–H and O–H groups in total. The van der Waals surface area contributed by atoms with E-state index >= 15 is 0 Å². The summed E-state index contributed by atoms with van der Waals surface area (Å²) in [6, 6.07) is 20.3. The van der Waals surface area contributed by atoms with Crippen molar-refractivity contribution in [3.8, 4) is 17.5 Å². The van der Waals surface area contributed by atoms with E-state index in [9.17, 15) is 4.79 Å². The predicted octanol–water partition coefficient (Wildman–Crippen LogP) is 4.53. The molecule has 0 unspecified atom stereocenters. The number of hydrogen-bond donors (Lipinski definition) is 2. The summed E-state index contributed by atoms with van der Waals surface area (Å²) in [5, 5.41) is 15.2. The van der Waals surface area contributed by atoms with Crippen molar-refractivity contribution >= 4 is 17.4 Å². The molecule has 0 bridgehead atoms. The molecule has 2 aromatic carbocycles. The third-order valence-electron chi connectivity index (χ3n) is 4.26. The van der Waals surface area contributed by atoms with Gasteiger partial charge in [-0.15, -0.1) is 0 Å². The van der Waals surface area contributed by atoms with Gasteiger partial charge in [-0.3, -0.25) is 4.79 Å². The van der Waals surface area contributed by atoms with Crippen molar-refractivity contribution in [2.45, 2.75) is 20.3 Å². The summed E-state index contributed by atoms with van der Waals surface area (Å²) in [7, 11) is 0. The fraction of sp³-hybridized carbons (Fsp3) is 0.217. The first-order valence-corrected chi connectivity index (χ1v) is 9.55. The largest absolute Gasteiger partial charge is 0.351 e. The SMILES string of the molecule is CC(C)CCNC(=O)c1cc(Nc2cccc(C#N)c2)nc(-c2ccccc2)n1. The second-order valence-corrected chi connectivity index (χ2v) is 7.08. The van der Waals surface area contributed by atoms with Crippen LogP contribution >= 0.6 is 0 Å². The molecule has 0 saturated carbocycles. The highest BCUT2D eigenvalue weighted by atomic mass is 16.1. The molecular weight excluding hydrogens is 362 g/mol. The number of nitrogens with one attached hydrogen (secondary N) is 2. The number of anilines is 2. The van der Waals surface area contributed by atoms with E-state index in [0.717, 1.165) is 12.0 Å². The highest BCUT2D eigenvalue weighted by molar-refractivity contribution is 5.93. The first-order valence-electron chi connectivity index (χ1n) is 9.55. The summed E-state index contributed by atoms with van der Waals surface area (Å²) in [6.45, 7) is 4.82. The molecule has 3 aromatic rings. The second kappa shape index (κ2) is 9.47. The standard InChI is InChI=1S/C23H23N5O/c1-16(2)11-12-25-23(29)20-14-21(26-19-10-6-7-17(13-19)15-24)28-22(27-20)18-8-4-3-5-9-18/h3-10,13-14,16H,11-12H2,1-2H3,(H,25,29)(H,26,27,28). The van der Waals surface area contributed by atoms with Crippen LogP contribution in [0.3, 0.4) is 0 Å². The monoisotopic (exact) mass is 385 g/mol. The van der Waals surface area contributed by atoms with Crippen LogP contribution in [0.4, 0.5) is 11.5 Å². The quantitative estimate of drug-likeness (QED) is 0.623. The normalized spacial score (nSPS) is 10.4. The smallest absolute Gasteiger partial charge is 0.270 e. The van der Waals surface area contributed by atoms with Crippen LogP contribution in [0.2, 0.25) is 0 Å². The number of aromatic nitrogens is 2. The van der Waals surface area contributed by atoms with Crippen molar-refractivity contribution < 1.29 is 4.79 Å². The molecule has 0 aliphatic heterocycles. The van der Waals surface area contributed by atoms with Crippen LogP contribution in [0.25, 0.3) is 11.4 Å². The van der Waals surface area contributed by atoms with Crippen molar-refractivity contribution in [2.24, 2.45) is 5.92 Å². The van der Waals surface area contributed by atoms with Crippen LogP contribution in [0.15, 0.2) is 60.7 Å². The Kier molecular flexibility index (Phi) is 6.54. The molecule has 1 amide bonds. The first-order chi connectivity index (χ1) is 14.0. The summed E-state index contributed by atoms with van der Waals surface area (Å²) in [4.78, 5) is 21.7. The average Bonchev–Trinajstić information content (AvgIpc) is 2.74. The van der Waals surface area contributed by atoms with Crippen molar-refractivity contribution in [1.82, 2.24) is 15.3 Å². The molecule has 0 spiro atoms. The van der Waals surface area contributed by atoms with Gasteiger partial charge in [0.1, 0.15) is 11.5 Å². The zero-order chi connectivity index (χ0) is 20.6. The Bertz CT molecular complexity index is 1020.